The number of carbonyl (C=O) groups is 1. The predicted octanol–water partition coefficient (Wildman–Crippen LogP) is 6.51. The van der Waals surface area contributed by atoms with Crippen LogP contribution in [0.1, 0.15) is 50.5 Å². The van der Waals surface area contributed by atoms with E-state index in [1.807, 2.05) is 0 Å². The van der Waals surface area contributed by atoms with Crippen molar-refractivity contribution >= 4 is 5.97 Å². The van der Waals surface area contributed by atoms with Gasteiger partial charge in [-0.05, 0) is 44.1 Å². The Bertz CT molecular complexity index is 947. The molecule has 1 aromatic rings. The molecule has 2 saturated carbocycles. The molecule has 210 valence electrons. The third kappa shape index (κ3) is 4.26. The molecule has 1 atom stereocenters. The van der Waals surface area contributed by atoms with Crippen molar-refractivity contribution in [3.8, 4) is 0 Å². The second kappa shape index (κ2) is 9.26. The lowest BCUT2D eigenvalue weighted by Crippen LogP contribution is -2.84. The number of esters is 1. The van der Waals surface area contributed by atoms with E-state index in [2.05, 4.69) is 0 Å². The van der Waals surface area contributed by atoms with Crippen molar-refractivity contribution in [2.24, 2.45) is 0 Å². The van der Waals surface area contributed by atoms with Gasteiger partial charge in [0, 0.05) is 6.42 Å². The van der Waals surface area contributed by atoms with Crippen LogP contribution in [0.25, 0.3) is 0 Å². The second-order valence-electron chi connectivity index (χ2n) is 9.53. The van der Waals surface area contributed by atoms with E-state index in [1.165, 1.54) is 30.3 Å². The number of aryl methyl sites for hydroxylation is 1. The summed E-state index contributed by atoms with van der Waals surface area (Å²) in [6, 6.07) is 7.07. The van der Waals surface area contributed by atoms with Crippen LogP contribution in [0.15, 0.2) is 30.3 Å². The van der Waals surface area contributed by atoms with Gasteiger partial charge >= 0.3 is 35.6 Å². The molecule has 2 aliphatic carbocycles. The molecular formula is C23H23F11O3. The van der Waals surface area contributed by atoms with Crippen LogP contribution < -0.4 is 0 Å². The highest BCUT2D eigenvalue weighted by Crippen LogP contribution is 2.70. The van der Waals surface area contributed by atoms with Crippen molar-refractivity contribution in [1.29, 1.82) is 0 Å². The minimum Gasteiger partial charge on any atom is -0.460 e. The molecule has 1 unspecified atom stereocenters. The maximum Gasteiger partial charge on any atom is 0.384 e. The molecule has 0 amide bonds. The van der Waals surface area contributed by atoms with E-state index in [-0.39, 0.29) is 18.4 Å². The molecular weight excluding hydrogens is 533 g/mol. The summed E-state index contributed by atoms with van der Waals surface area (Å²) in [7, 11) is 0. The van der Waals surface area contributed by atoms with Crippen LogP contribution in [-0.4, -0.2) is 58.1 Å². The summed E-state index contributed by atoms with van der Waals surface area (Å²) >= 11 is 0. The Morgan fingerprint density at radius 2 is 1.24 bits per heavy atom. The monoisotopic (exact) mass is 556 g/mol. The van der Waals surface area contributed by atoms with Crippen molar-refractivity contribution in [1.82, 2.24) is 0 Å². The summed E-state index contributed by atoms with van der Waals surface area (Å²) in [6.07, 6.45) is -3.75. The molecule has 3 rings (SSSR count). The first-order valence-corrected chi connectivity index (χ1v) is 11.3. The third-order valence-corrected chi connectivity index (χ3v) is 6.98. The first-order chi connectivity index (χ1) is 16.8. The molecule has 0 spiro atoms. The van der Waals surface area contributed by atoms with Gasteiger partial charge in [-0.2, -0.15) is 43.9 Å². The highest BCUT2D eigenvalue weighted by Gasteiger charge is 3.01. The van der Waals surface area contributed by atoms with Crippen molar-refractivity contribution in [2.75, 3.05) is 0 Å². The molecule has 1 aromatic carbocycles. The van der Waals surface area contributed by atoms with Gasteiger partial charge in [0.15, 0.2) is 5.60 Å². The summed E-state index contributed by atoms with van der Waals surface area (Å²) in [5.74, 6) is -38.3. The zero-order valence-corrected chi connectivity index (χ0v) is 19.0. The van der Waals surface area contributed by atoms with E-state index in [0.717, 1.165) is 0 Å². The van der Waals surface area contributed by atoms with Crippen LogP contribution >= 0.6 is 0 Å². The second-order valence-corrected chi connectivity index (χ2v) is 9.53. The average molecular weight is 556 g/mol. The number of benzene rings is 1. The summed E-state index contributed by atoms with van der Waals surface area (Å²) in [6.45, 7) is 0. The maximum atomic E-state index is 15.5. The van der Waals surface area contributed by atoms with E-state index >= 15 is 4.39 Å². The fourth-order valence-corrected chi connectivity index (χ4v) is 4.61. The van der Waals surface area contributed by atoms with Crippen LogP contribution in [-0.2, 0) is 16.0 Å². The molecule has 0 bridgehead atoms. The summed E-state index contributed by atoms with van der Waals surface area (Å²) < 4.78 is 161. The van der Waals surface area contributed by atoms with Gasteiger partial charge in [0.2, 0.25) is 0 Å². The average Bonchev–Trinajstić information content (AvgIpc) is 2.82. The topological polar surface area (TPSA) is 46.5 Å². The first-order valence-electron chi connectivity index (χ1n) is 11.3. The normalized spacial score (nSPS) is 27.1. The van der Waals surface area contributed by atoms with Gasteiger partial charge in [-0.25, -0.2) is 9.18 Å². The number of alkyl halides is 11. The molecule has 37 heavy (non-hydrogen) atoms. The van der Waals surface area contributed by atoms with E-state index < -0.39 is 72.2 Å². The molecule has 0 aliphatic heterocycles. The largest absolute Gasteiger partial charge is 0.460 e. The number of carbonyl (C=O) groups excluding carboxylic acids is 1. The Balaban J connectivity index is 2.07. The minimum atomic E-state index is -7.38. The van der Waals surface area contributed by atoms with Crippen LogP contribution in [0.5, 0.6) is 0 Å². The molecule has 0 radical (unpaired) electrons. The Kier molecular flexibility index (Phi) is 7.37. The Morgan fingerprint density at radius 3 is 1.73 bits per heavy atom. The van der Waals surface area contributed by atoms with Crippen molar-refractivity contribution in [2.45, 2.75) is 98.4 Å². The maximum absolute atomic E-state index is 15.5. The van der Waals surface area contributed by atoms with Crippen molar-refractivity contribution in [3.05, 3.63) is 35.9 Å². The van der Waals surface area contributed by atoms with Gasteiger partial charge in [0.05, 0.1) is 0 Å². The zero-order valence-electron chi connectivity index (χ0n) is 19.0. The lowest BCUT2D eigenvalue weighted by Gasteiger charge is -2.53. The van der Waals surface area contributed by atoms with E-state index in [1.54, 1.807) is 0 Å². The standard InChI is InChI=1S/C23H23F11O3/c24-18(19(25,26)21(29,30)23(33,34)22(31,32)20(18,27)28)13-17(36,12-11-14-7-3-1-4-8-14)16(35)37-15-9-5-2-6-10-15/h1,3-4,7-8,15,36H,2,5-6,9-13H2. The molecule has 0 heterocycles. The number of ether oxygens (including phenoxy) is 1. The quantitative estimate of drug-likeness (QED) is 0.308. The molecule has 1 N–H and O–H groups in total. The lowest BCUT2D eigenvalue weighted by atomic mass is 9.67. The smallest absolute Gasteiger partial charge is 0.384 e. The summed E-state index contributed by atoms with van der Waals surface area (Å²) in [4.78, 5) is 12.8. The van der Waals surface area contributed by atoms with Crippen molar-refractivity contribution in [3.63, 3.8) is 0 Å². The Labute approximate surface area is 204 Å². The molecule has 0 saturated heterocycles. The molecule has 14 heteroatoms. The van der Waals surface area contributed by atoms with Crippen LogP contribution in [0.2, 0.25) is 0 Å². The summed E-state index contributed by atoms with van der Waals surface area (Å²) in [5, 5.41) is 10.9. The molecule has 3 nitrogen and oxygen atoms in total. The number of rotatable bonds is 7. The summed E-state index contributed by atoms with van der Waals surface area (Å²) in [5.41, 5.74) is -10.1. The highest BCUT2D eigenvalue weighted by molar-refractivity contribution is 5.79. The van der Waals surface area contributed by atoms with Crippen LogP contribution in [0.4, 0.5) is 48.3 Å². The van der Waals surface area contributed by atoms with Gasteiger partial charge < -0.3 is 9.84 Å². The van der Waals surface area contributed by atoms with Gasteiger partial charge in [-0.3, -0.25) is 0 Å². The molecule has 2 fully saturated rings. The lowest BCUT2D eigenvalue weighted by molar-refractivity contribution is -0.487. The fourth-order valence-electron chi connectivity index (χ4n) is 4.61. The van der Waals surface area contributed by atoms with E-state index in [4.69, 9.17) is 4.74 Å². The van der Waals surface area contributed by atoms with Gasteiger partial charge in [-0.1, -0.05) is 36.8 Å². The zero-order chi connectivity index (χ0) is 28.1. The predicted molar refractivity (Wildman–Crippen MR) is 106 cm³/mol. The third-order valence-electron chi connectivity index (χ3n) is 6.98. The number of aliphatic hydroxyl groups is 1. The Morgan fingerprint density at radius 1 is 0.784 bits per heavy atom. The number of halogens is 11. The van der Waals surface area contributed by atoms with Gasteiger partial charge in [-0.15, -0.1) is 0 Å². The van der Waals surface area contributed by atoms with Gasteiger partial charge in [0.1, 0.15) is 6.10 Å². The Hall–Kier alpha value is -2.12. The van der Waals surface area contributed by atoms with Crippen molar-refractivity contribution < 1.29 is 62.9 Å². The van der Waals surface area contributed by atoms with E-state index in [0.29, 0.717) is 19.3 Å². The van der Waals surface area contributed by atoms with Crippen LogP contribution in [0.3, 0.4) is 0 Å². The molecule has 2 aliphatic rings. The van der Waals surface area contributed by atoms with Crippen LogP contribution in [0, 0.1) is 0 Å². The number of hydrogen-bond acceptors (Lipinski definition) is 3. The fraction of sp³-hybridized carbons (Fsp3) is 0.696. The molecule has 0 aromatic heterocycles. The SMILES string of the molecule is O=C(OC1CCCCC1)C(O)(CCc1ccccc1)CC1(F)C(F)(F)C(F)(F)C(F)(F)C(F)(F)C1(F)F. The minimum absolute atomic E-state index is 0.177. The first kappa shape index (κ1) is 29.4. The highest BCUT2D eigenvalue weighted by atomic mass is 19.4. The van der Waals surface area contributed by atoms with E-state index in [9.17, 15) is 53.8 Å². The number of hydrogen-bond donors (Lipinski definition) is 1. The van der Waals surface area contributed by atoms with Gasteiger partial charge in [0.25, 0.3) is 5.67 Å².